The third-order valence-corrected chi connectivity index (χ3v) is 3.86. The van der Waals surface area contributed by atoms with Crippen LogP contribution in [0.1, 0.15) is 38.5 Å². The summed E-state index contributed by atoms with van der Waals surface area (Å²) in [5.41, 5.74) is 2.67. The molecule has 26 heavy (non-hydrogen) atoms. The number of carbonyl (C=O) groups is 2. The van der Waals surface area contributed by atoms with Crippen LogP contribution in [0.25, 0.3) is 0 Å². The number of aromatic nitrogens is 1. The fourth-order valence-corrected chi connectivity index (χ4v) is 2.35. The minimum absolute atomic E-state index is 0.234. The van der Waals surface area contributed by atoms with Crippen molar-refractivity contribution in [2.45, 2.75) is 19.9 Å². The van der Waals surface area contributed by atoms with E-state index in [0.717, 1.165) is 18.5 Å². The summed E-state index contributed by atoms with van der Waals surface area (Å²) in [6.45, 7) is 3.91. The van der Waals surface area contributed by atoms with E-state index >= 15 is 0 Å². The minimum Gasteiger partial charge on any atom is -0.351 e. The van der Waals surface area contributed by atoms with Crippen molar-refractivity contribution in [2.75, 3.05) is 27.2 Å². The Hall–Kier alpha value is -2.73. The van der Waals surface area contributed by atoms with E-state index in [2.05, 4.69) is 20.5 Å². The summed E-state index contributed by atoms with van der Waals surface area (Å²) in [5.74, 6) is -0.565. The number of nitrogens with one attached hydrogen (secondary N) is 2. The minimum atomic E-state index is -0.298. The molecule has 2 amide bonds. The molecule has 0 radical (unpaired) electrons. The van der Waals surface area contributed by atoms with Crippen molar-refractivity contribution >= 4 is 11.8 Å². The lowest BCUT2D eigenvalue weighted by Crippen LogP contribution is -2.29. The van der Waals surface area contributed by atoms with E-state index < -0.39 is 0 Å². The van der Waals surface area contributed by atoms with Crippen molar-refractivity contribution < 1.29 is 9.59 Å². The molecule has 0 saturated carbocycles. The van der Waals surface area contributed by atoms with Crippen LogP contribution in [-0.4, -0.2) is 48.9 Å². The molecule has 138 valence electrons. The van der Waals surface area contributed by atoms with Gasteiger partial charge in [0.25, 0.3) is 11.8 Å². The molecule has 2 N–H and O–H groups in total. The second-order valence-electron chi connectivity index (χ2n) is 6.49. The second kappa shape index (κ2) is 9.68. The highest BCUT2D eigenvalue weighted by atomic mass is 16.2. The highest BCUT2D eigenvalue weighted by Crippen LogP contribution is 2.04. The lowest BCUT2D eigenvalue weighted by Gasteiger charge is -2.10. The number of hydrogen-bond donors (Lipinski definition) is 2. The van der Waals surface area contributed by atoms with Gasteiger partial charge in [0.15, 0.2) is 0 Å². The Morgan fingerprint density at radius 3 is 2.19 bits per heavy atom. The van der Waals surface area contributed by atoms with Crippen LogP contribution in [0.4, 0.5) is 0 Å². The Labute approximate surface area is 154 Å². The molecule has 6 heteroatoms. The summed E-state index contributed by atoms with van der Waals surface area (Å²) < 4.78 is 0. The standard InChI is InChI=1S/C20H26N4O2/c1-15-8-10-16(11-9-15)14-22-20(26)18-7-4-6-17(23-18)19(25)21-12-5-13-24(2)3/h4,6-11H,5,12-14H2,1-3H3,(H,21,25)(H,22,26). The summed E-state index contributed by atoms with van der Waals surface area (Å²) >= 11 is 0. The average Bonchev–Trinajstić information content (AvgIpc) is 2.64. The first-order chi connectivity index (χ1) is 12.5. The van der Waals surface area contributed by atoms with Gasteiger partial charge < -0.3 is 15.5 Å². The quantitative estimate of drug-likeness (QED) is 0.711. The van der Waals surface area contributed by atoms with Gasteiger partial charge in [-0.25, -0.2) is 4.98 Å². The van der Waals surface area contributed by atoms with Gasteiger partial charge in [-0.15, -0.1) is 0 Å². The lowest BCUT2D eigenvalue weighted by atomic mass is 10.1. The fourth-order valence-electron chi connectivity index (χ4n) is 2.35. The predicted octanol–water partition coefficient (Wildman–Crippen LogP) is 2.00. The van der Waals surface area contributed by atoms with Crippen LogP contribution >= 0.6 is 0 Å². The van der Waals surface area contributed by atoms with E-state index in [1.165, 1.54) is 5.56 Å². The van der Waals surface area contributed by atoms with Gasteiger partial charge in [-0.2, -0.15) is 0 Å². The zero-order valence-corrected chi connectivity index (χ0v) is 15.6. The van der Waals surface area contributed by atoms with E-state index in [1.54, 1.807) is 18.2 Å². The number of hydrogen-bond acceptors (Lipinski definition) is 4. The van der Waals surface area contributed by atoms with Gasteiger partial charge in [0.1, 0.15) is 11.4 Å². The number of amides is 2. The van der Waals surface area contributed by atoms with Gasteiger partial charge in [0, 0.05) is 13.1 Å². The maximum absolute atomic E-state index is 12.3. The molecule has 0 aliphatic rings. The third-order valence-electron chi connectivity index (χ3n) is 3.86. The third kappa shape index (κ3) is 6.29. The summed E-state index contributed by atoms with van der Waals surface area (Å²) in [7, 11) is 3.98. The zero-order chi connectivity index (χ0) is 18.9. The smallest absolute Gasteiger partial charge is 0.270 e. The van der Waals surface area contributed by atoms with Crippen LogP contribution in [0.15, 0.2) is 42.5 Å². The van der Waals surface area contributed by atoms with Crippen molar-refractivity contribution in [3.63, 3.8) is 0 Å². The number of aryl methyl sites for hydroxylation is 1. The molecule has 6 nitrogen and oxygen atoms in total. The van der Waals surface area contributed by atoms with Crippen LogP contribution in [0.3, 0.4) is 0 Å². The summed E-state index contributed by atoms with van der Waals surface area (Å²) in [6.07, 6.45) is 0.857. The highest BCUT2D eigenvalue weighted by Gasteiger charge is 2.12. The molecule has 2 aromatic rings. The lowest BCUT2D eigenvalue weighted by molar-refractivity contribution is 0.0942. The molecule has 1 heterocycles. The Balaban J connectivity index is 1.89. The molecule has 2 rings (SSSR count). The Morgan fingerprint density at radius 2 is 1.58 bits per heavy atom. The molecule has 0 spiro atoms. The molecule has 0 atom stereocenters. The first-order valence-electron chi connectivity index (χ1n) is 8.69. The summed E-state index contributed by atoms with van der Waals surface area (Å²) in [4.78, 5) is 30.7. The van der Waals surface area contributed by atoms with Crippen LogP contribution < -0.4 is 10.6 Å². The molecule has 0 unspecified atom stereocenters. The van der Waals surface area contributed by atoms with Gasteiger partial charge in [-0.3, -0.25) is 9.59 Å². The first kappa shape index (κ1) is 19.6. The molecular weight excluding hydrogens is 328 g/mol. The molecule has 0 fully saturated rings. The average molecular weight is 354 g/mol. The van der Waals surface area contributed by atoms with Crippen molar-refractivity contribution in [1.29, 1.82) is 0 Å². The van der Waals surface area contributed by atoms with E-state index in [1.807, 2.05) is 45.3 Å². The molecule has 1 aromatic carbocycles. The maximum Gasteiger partial charge on any atom is 0.270 e. The van der Waals surface area contributed by atoms with Gasteiger partial charge in [-0.05, 0) is 51.7 Å². The Kier molecular flexibility index (Phi) is 7.29. The first-order valence-corrected chi connectivity index (χ1v) is 8.69. The number of pyridine rings is 1. The number of nitrogens with zero attached hydrogens (tertiary/aromatic N) is 2. The Morgan fingerprint density at radius 1 is 0.962 bits per heavy atom. The van der Waals surface area contributed by atoms with Crippen LogP contribution in [0.2, 0.25) is 0 Å². The number of rotatable bonds is 8. The zero-order valence-electron chi connectivity index (χ0n) is 15.6. The summed E-state index contributed by atoms with van der Waals surface area (Å²) in [6, 6.07) is 12.8. The maximum atomic E-state index is 12.3. The molecule has 0 saturated heterocycles. The normalized spacial score (nSPS) is 10.6. The largest absolute Gasteiger partial charge is 0.351 e. The van der Waals surface area contributed by atoms with Gasteiger partial charge >= 0.3 is 0 Å². The van der Waals surface area contributed by atoms with Crippen molar-refractivity contribution in [3.8, 4) is 0 Å². The van der Waals surface area contributed by atoms with Gasteiger partial charge in [-0.1, -0.05) is 35.9 Å². The topological polar surface area (TPSA) is 74.3 Å². The van der Waals surface area contributed by atoms with Crippen LogP contribution in [0, 0.1) is 6.92 Å². The second-order valence-corrected chi connectivity index (χ2v) is 6.49. The fraction of sp³-hybridized carbons (Fsp3) is 0.350. The van der Waals surface area contributed by atoms with E-state index in [9.17, 15) is 9.59 Å². The van der Waals surface area contributed by atoms with Crippen molar-refractivity contribution in [2.24, 2.45) is 0 Å². The van der Waals surface area contributed by atoms with Crippen molar-refractivity contribution in [1.82, 2.24) is 20.5 Å². The molecule has 0 bridgehead atoms. The van der Waals surface area contributed by atoms with Gasteiger partial charge in [0.2, 0.25) is 0 Å². The monoisotopic (exact) mass is 354 g/mol. The molecule has 0 aliphatic carbocycles. The SMILES string of the molecule is Cc1ccc(CNC(=O)c2cccc(C(=O)NCCCN(C)C)n2)cc1. The highest BCUT2D eigenvalue weighted by molar-refractivity contribution is 5.96. The van der Waals surface area contributed by atoms with Crippen molar-refractivity contribution in [3.05, 3.63) is 65.0 Å². The van der Waals surface area contributed by atoms with Crippen LogP contribution in [0.5, 0.6) is 0 Å². The van der Waals surface area contributed by atoms with E-state index in [-0.39, 0.29) is 23.2 Å². The number of carbonyl (C=O) groups excluding carboxylic acids is 2. The molecule has 1 aromatic heterocycles. The van der Waals surface area contributed by atoms with Crippen LogP contribution in [-0.2, 0) is 6.54 Å². The summed E-state index contributed by atoms with van der Waals surface area (Å²) in [5, 5.41) is 5.65. The molecule has 0 aliphatic heterocycles. The van der Waals surface area contributed by atoms with E-state index in [0.29, 0.717) is 13.1 Å². The van der Waals surface area contributed by atoms with Gasteiger partial charge in [0.05, 0.1) is 0 Å². The Bertz CT molecular complexity index is 742. The van der Waals surface area contributed by atoms with E-state index in [4.69, 9.17) is 0 Å². The molecular formula is C20H26N4O2. The number of benzene rings is 1. The predicted molar refractivity (Wildman–Crippen MR) is 102 cm³/mol.